The van der Waals surface area contributed by atoms with Crippen LogP contribution in [0.2, 0.25) is 0 Å². The largest absolute Gasteiger partial charge is 0.372 e. The van der Waals surface area contributed by atoms with Crippen LogP contribution in [0.3, 0.4) is 0 Å². The first-order valence-corrected chi connectivity index (χ1v) is 8.18. The number of aliphatic hydroxyl groups excluding tert-OH is 1. The first-order chi connectivity index (χ1) is 9.59. The van der Waals surface area contributed by atoms with E-state index in [9.17, 15) is 20.0 Å². The van der Waals surface area contributed by atoms with Gasteiger partial charge in [0.05, 0.1) is 15.9 Å². The van der Waals surface area contributed by atoms with Gasteiger partial charge in [-0.1, -0.05) is 6.07 Å². The molecule has 2 aliphatic heterocycles. The minimum absolute atomic E-state index is 0.0855. The summed E-state index contributed by atoms with van der Waals surface area (Å²) in [4.78, 5) is 24.0. The van der Waals surface area contributed by atoms with E-state index in [1.165, 1.54) is 23.1 Å². The predicted octanol–water partition coefficient (Wildman–Crippen LogP) is 1.48. The highest BCUT2D eigenvalue weighted by Crippen LogP contribution is 2.42. The quantitative estimate of drug-likeness (QED) is 0.658. The first-order valence-electron chi connectivity index (χ1n) is 6.08. The third kappa shape index (κ3) is 2.17. The number of nitro benzene ring substituents is 1. The molecule has 2 aliphatic rings. The second-order valence-corrected chi connectivity index (χ2v) is 7.06. The number of nitrogens with zero attached hydrogens (tertiary/aromatic N) is 2. The fraction of sp³-hybridized carbons (Fsp3) is 0.417. The van der Waals surface area contributed by atoms with Crippen molar-refractivity contribution in [2.45, 2.75) is 16.7 Å². The summed E-state index contributed by atoms with van der Waals surface area (Å²) in [7, 11) is 0. The number of non-ortho nitro benzene ring substituents is 1. The van der Waals surface area contributed by atoms with Crippen molar-refractivity contribution >= 4 is 40.8 Å². The first kappa shape index (κ1) is 13.7. The number of nitro groups is 1. The zero-order valence-corrected chi connectivity index (χ0v) is 12.0. The fourth-order valence-corrected chi connectivity index (χ4v) is 5.39. The van der Waals surface area contributed by atoms with Crippen molar-refractivity contribution in [2.75, 3.05) is 16.4 Å². The molecular weight excluding hydrogens is 300 g/mol. The minimum Gasteiger partial charge on any atom is -0.372 e. The van der Waals surface area contributed by atoms with E-state index in [2.05, 4.69) is 0 Å². The maximum Gasteiger partial charge on any atom is 0.271 e. The highest BCUT2D eigenvalue weighted by molar-refractivity contribution is 8.07. The van der Waals surface area contributed by atoms with Crippen LogP contribution in [0.15, 0.2) is 24.3 Å². The number of thioether (sulfide) groups is 2. The summed E-state index contributed by atoms with van der Waals surface area (Å²) < 4.78 is 0. The second-order valence-electron chi connectivity index (χ2n) is 4.53. The lowest BCUT2D eigenvalue weighted by Gasteiger charge is -2.24. The number of amides is 1. The van der Waals surface area contributed by atoms with Crippen LogP contribution >= 0.6 is 23.5 Å². The highest BCUT2D eigenvalue weighted by atomic mass is 32.2. The fourth-order valence-electron chi connectivity index (χ4n) is 2.45. The van der Waals surface area contributed by atoms with E-state index in [0.29, 0.717) is 5.69 Å². The Hall–Kier alpha value is -1.25. The SMILES string of the molecule is O=C1C2SCCSC2C(O)N1c1cccc([N+](=O)[O-])c1. The molecule has 1 aromatic carbocycles. The Morgan fingerprint density at radius 3 is 2.80 bits per heavy atom. The maximum atomic E-state index is 12.4. The van der Waals surface area contributed by atoms with E-state index in [0.717, 1.165) is 11.5 Å². The van der Waals surface area contributed by atoms with E-state index in [4.69, 9.17) is 0 Å². The number of rotatable bonds is 2. The van der Waals surface area contributed by atoms with Crippen molar-refractivity contribution in [1.82, 2.24) is 0 Å². The van der Waals surface area contributed by atoms with E-state index in [-0.39, 0.29) is 22.1 Å². The number of aliphatic hydroxyl groups is 1. The molecule has 1 aromatic rings. The van der Waals surface area contributed by atoms with Gasteiger partial charge in [0.15, 0.2) is 0 Å². The van der Waals surface area contributed by atoms with Crippen molar-refractivity contribution in [2.24, 2.45) is 0 Å². The molecule has 3 rings (SSSR count). The van der Waals surface area contributed by atoms with Gasteiger partial charge in [0.25, 0.3) is 5.69 Å². The highest BCUT2D eigenvalue weighted by Gasteiger charge is 2.50. The summed E-state index contributed by atoms with van der Waals surface area (Å²) in [6.45, 7) is 0. The number of carbonyl (C=O) groups is 1. The molecule has 3 atom stereocenters. The van der Waals surface area contributed by atoms with Crippen molar-refractivity contribution in [3.63, 3.8) is 0 Å². The Kier molecular flexibility index (Phi) is 3.61. The van der Waals surface area contributed by atoms with Crippen molar-refractivity contribution in [3.8, 4) is 0 Å². The number of benzene rings is 1. The molecule has 0 bridgehead atoms. The predicted molar refractivity (Wildman–Crippen MR) is 79.1 cm³/mol. The molecule has 0 aliphatic carbocycles. The monoisotopic (exact) mass is 312 g/mol. The zero-order valence-electron chi connectivity index (χ0n) is 10.3. The van der Waals surface area contributed by atoms with Crippen LogP contribution in [0.4, 0.5) is 11.4 Å². The van der Waals surface area contributed by atoms with E-state index in [1.807, 2.05) is 0 Å². The van der Waals surface area contributed by atoms with E-state index in [1.54, 1.807) is 29.6 Å². The van der Waals surface area contributed by atoms with Gasteiger partial charge < -0.3 is 5.11 Å². The summed E-state index contributed by atoms with van der Waals surface area (Å²) in [5.74, 6) is 1.62. The van der Waals surface area contributed by atoms with Crippen LogP contribution < -0.4 is 4.90 Å². The van der Waals surface area contributed by atoms with E-state index < -0.39 is 11.2 Å². The van der Waals surface area contributed by atoms with Crippen LogP contribution in [-0.4, -0.2) is 44.2 Å². The molecule has 6 nitrogen and oxygen atoms in total. The number of hydrogen-bond donors (Lipinski definition) is 1. The summed E-state index contributed by atoms with van der Waals surface area (Å²) in [5, 5.41) is 20.7. The summed E-state index contributed by atoms with van der Waals surface area (Å²) in [6, 6.07) is 5.83. The Balaban J connectivity index is 1.95. The van der Waals surface area contributed by atoms with Gasteiger partial charge in [0.2, 0.25) is 5.91 Å². The molecule has 2 fully saturated rings. The Bertz CT molecular complexity index is 568. The van der Waals surface area contributed by atoms with Crippen molar-refractivity contribution < 1.29 is 14.8 Å². The van der Waals surface area contributed by atoms with Gasteiger partial charge in [-0.3, -0.25) is 19.8 Å². The summed E-state index contributed by atoms with van der Waals surface area (Å²) >= 11 is 3.14. The van der Waals surface area contributed by atoms with Gasteiger partial charge in [-0.2, -0.15) is 11.8 Å². The Labute approximate surface area is 123 Å². The van der Waals surface area contributed by atoms with Crippen LogP contribution in [0.1, 0.15) is 0 Å². The number of hydrogen-bond acceptors (Lipinski definition) is 6. The molecule has 3 unspecified atom stereocenters. The lowest BCUT2D eigenvalue weighted by molar-refractivity contribution is -0.384. The topological polar surface area (TPSA) is 83.7 Å². The standard InChI is InChI=1S/C12H12N2O4S2/c15-11-9-10(20-5-4-19-9)12(16)13(11)7-2-1-3-8(6-7)14(17)18/h1-3,6,9-11,15H,4-5H2. The molecule has 0 saturated carbocycles. The minimum atomic E-state index is -0.924. The molecule has 2 saturated heterocycles. The molecule has 106 valence electrons. The molecule has 1 N–H and O–H groups in total. The summed E-state index contributed by atoms with van der Waals surface area (Å²) in [5.41, 5.74) is 0.296. The molecule has 0 aromatic heterocycles. The third-order valence-corrected chi connectivity index (χ3v) is 6.41. The van der Waals surface area contributed by atoms with Crippen molar-refractivity contribution in [3.05, 3.63) is 34.4 Å². The van der Waals surface area contributed by atoms with Crippen LogP contribution in [0.5, 0.6) is 0 Å². The number of anilines is 1. The van der Waals surface area contributed by atoms with Gasteiger partial charge in [0.1, 0.15) is 11.5 Å². The molecule has 8 heteroatoms. The molecule has 0 spiro atoms. The Morgan fingerprint density at radius 1 is 1.35 bits per heavy atom. The average molecular weight is 312 g/mol. The van der Waals surface area contributed by atoms with Crippen molar-refractivity contribution in [1.29, 1.82) is 0 Å². The number of fused-ring (bicyclic) bond motifs is 1. The molecule has 2 heterocycles. The number of carbonyl (C=O) groups excluding carboxylic acids is 1. The smallest absolute Gasteiger partial charge is 0.271 e. The van der Waals surface area contributed by atoms with Crippen LogP contribution in [0, 0.1) is 10.1 Å². The Morgan fingerprint density at radius 2 is 2.10 bits per heavy atom. The van der Waals surface area contributed by atoms with Crippen LogP contribution in [-0.2, 0) is 4.79 Å². The maximum absolute atomic E-state index is 12.4. The zero-order chi connectivity index (χ0) is 14.3. The molecule has 1 amide bonds. The van der Waals surface area contributed by atoms with Crippen LogP contribution in [0.25, 0.3) is 0 Å². The van der Waals surface area contributed by atoms with Gasteiger partial charge >= 0.3 is 0 Å². The lowest BCUT2D eigenvalue weighted by atomic mass is 10.2. The van der Waals surface area contributed by atoms with E-state index >= 15 is 0 Å². The normalized spacial score (nSPS) is 29.4. The molecule has 20 heavy (non-hydrogen) atoms. The molecular formula is C12H12N2O4S2. The van der Waals surface area contributed by atoms with Gasteiger partial charge in [-0.25, -0.2) is 0 Å². The van der Waals surface area contributed by atoms with Gasteiger partial charge in [-0.15, -0.1) is 11.8 Å². The van der Waals surface area contributed by atoms with Gasteiger partial charge in [0, 0.05) is 23.6 Å². The average Bonchev–Trinajstić information content (AvgIpc) is 2.72. The third-order valence-electron chi connectivity index (χ3n) is 3.35. The lowest BCUT2D eigenvalue weighted by Crippen LogP contribution is -2.36. The second kappa shape index (κ2) is 5.27. The summed E-state index contributed by atoms with van der Waals surface area (Å²) in [6.07, 6.45) is -0.924. The van der Waals surface area contributed by atoms with Gasteiger partial charge in [-0.05, 0) is 6.07 Å². The molecule has 0 radical (unpaired) electrons.